The van der Waals surface area contributed by atoms with Gasteiger partial charge in [-0.1, -0.05) is 155 Å². The van der Waals surface area contributed by atoms with E-state index in [1.807, 2.05) is 0 Å². The summed E-state index contributed by atoms with van der Waals surface area (Å²) in [5.41, 5.74) is 0. The first-order valence-corrected chi connectivity index (χ1v) is 20.9. The third-order valence-electron chi connectivity index (χ3n) is 9.45. The SMILES string of the molecule is CCCCCCCCCCCCCCCCCC[N+](C)(C)CC.CCCCCCCCCCCC[N+](C)(C)CC.O=S(=O)([O-])[O-]. The van der Waals surface area contributed by atoms with Gasteiger partial charge in [-0.15, -0.1) is 0 Å². The van der Waals surface area contributed by atoms with Gasteiger partial charge in [-0.3, -0.25) is 8.42 Å². The van der Waals surface area contributed by atoms with E-state index in [2.05, 4.69) is 55.9 Å². The van der Waals surface area contributed by atoms with E-state index in [0.29, 0.717) is 0 Å². The minimum absolute atomic E-state index is 1.19. The van der Waals surface area contributed by atoms with Crippen molar-refractivity contribution in [3.05, 3.63) is 0 Å². The predicted octanol–water partition coefficient (Wildman–Crippen LogP) is 11.0. The van der Waals surface area contributed by atoms with Crippen molar-refractivity contribution in [3.63, 3.8) is 0 Å². The lowest BCUT2D eigenvalue weighted by molar-refractivity contribution is -0.888. The predicted molar refractivity (Wildman–Crippen MR) is 197 cm³/mol. The highest BCUT2D eigenvalue weighted by Gasteiger charge is 2.10. The van der Waals surface area contributed by atoms with Crippen LogP contribution in [0, 0.1) is 0 Å². The fraction of sp³-hybridized carbons (Fsp3) is 1.00. The quantitative estimate of drug-likeness (QED) is 0.0331. The molecule has 0 N–H and O–H groups in total. The highest BCUT2D eigenvalue weighted by Crippen LogP contribution is 2.14. The Morgan fingerprint density at radius 1 is 0.356 bits per heavy atom. The minimum atomic E-state index is -5.17. The molecule has 6 nitrogen and oxygen atoms in total. The van der Waals surface area contributed by atoms with E-state index in [1.165, 1.54) is 202 Å². The van der Waals surface area contributed by atoms with Gasteiger partial charge in [0.15, 0.2) is 0 Å². The van der Waals surface area contributed by atoms with Gasteiger partial charge in [-0.05, 0) is 39.5 Å². The maximum absolute atomic E-state index is 8.52. The Bertz CT molecular complexity index is 661. The molecular formula is C38H84N2O4S. The third-order valence-corrected chi connectivity index (χ3v) is 9.45. The monoisotopic (exact) mass is 665 g/mol. The topological polar surface area (TPSA) is 80.3 Å². The van der Waals surface area contributed by atoms with E-state index >= 15 is 0 Å². The molecule has 0 atom stereocenters. The van der Waals surface area contributed by atoms with Crippen LogP contribution in [0.25, 0.3) is 0 Å². The lowest BCUT2D eigenvalue weighted by Crippen LogP contribution is -2.39. The van der Waals surface area contributed by atoms with Crippen LogP contribution in [0.15, 0.2) is 0 Å². The highest BCUT2D eigenvalue weighted by molar-refractivity contribution is 7.79. The van der Waals surface area contributed by atoms with Crippen LogP contribution in [-0.2, 0) is 10.4 Å². The molecule has 0 spiro atoms. The zero-order valence-electron chi connectivity index (χ0n) is 32.1. The van der Waals surface area contributed by atoms with Crippen molar-refractivity contribution < 1.29 is 26.5 Å². The molecule has 45 heavy (non-hydrogen) atoms. The van der Waals surface area contributed by atoms with Gasteiger partial charge in [-0.2, -0.15) is 0 Å². The second-order valence-electron chi connectivity index (χ2n) is 14.8. The maximum Gasteiger partial charge on any atom is 0.0782 e. The molecule has 0 rings (SSSR count). The molecule has 276 valence electrons. The summed E-state index contributed by atoms with van der Waals surface area (Å²) < 4.78 is 36.5. The Morgan fingerprint density at radius 3 is 0.667 bits per heavy atom. The lowest BCUT2D eigenvalue weighted by atomic mass is 10.0. The molecule has 0 aliphatic heterocycles. The molecular weight excluding hydrogens is 580 g/mol. The van der Waals surface area contributed by atoms with Gasteiger partial charge in [-0.25, -0.2) is 0 Å². The minimum Gasteiger partial charge on any atom is -0.759 e. The van der Waals surface area contributed by atoms with Gasteiger partial charge in [0.1, 0.15) is 0 Å². The average molecular weight is 665 g/mol. The molecule has 0 unspecified atom stereocenters. The Kier molecular flexibility index (Phi) is 38.4. The molecule has 0 aromatic rings. The Morgan fingerprint density at radius 2 is 0.511 bits per heavy atom. The first-order valence-electron chi connectivity index (χ1n) is 19.5. The van der Waals surface area contributed by atoms with Crippen molar-refractivity contribution in [2.45, 2.75) is 195 Å². The summed E-state index contributed by atoms with van der Waals surface area (Å²) in [4.78, 5) is 0. The van der Waals surface area contributed by atoms with Gasteiger partial charge >= 0.3 is 0 Å². The average Bonchev–Trinajstić information content (AvgIpc) is 2.97. The van der Waals surface area contributed by atoms with Crippen LogP contribution >= 0.6 is 0 Å². The number of hydrogen-bond acceptors (Lipinski definition) is 4. The first kappa shape index (κ1) is 49.2. The number of unbranched alkanes of at least 4 members (excludes halogenated alkanes) is 24. The van der Waals surface area contributed by atoms with Crippen LogP contribution in [0.5, 0.6) is 0 Å². The number of quaternary nitrogens is 2. The van der Waals surface area contributed by atoms with E-state index in [-0.39, 0.29) is 0 Å². The fourth-order valence-electron chi connectivity index (χ4n) is 5.43. The fourth-order valence-corrected chi connectivity index (χ4v) is 5.43. The van der Waals surface area contributed by atoms with Gasteiger partial charge in [0.2, 0.25) is 0 Å². The first-order chi connectivity index (χ1) is 21.2. The van der Waals surface area contributed by atoms with Crippen LogP contribution in [0.1, 0.15) is 195 Å². The summed E-state index contributed by atoms with van der Waals surface area (Å²) in [7, 11) is 4.22. The molecule has 7 heteroatoms. The van der Waals surface area contributed by atoms with Crippen molar-refractivity contribution >= 4 is 10.4 Å². The number of nitrogens with zero attached hydrogens (tertiary/aromatic N) is 2. The molecule has 0 aliphatic rings. The van der Waals surface area contributed by atoms with E-state index < -0.39 is 10.4 Å². The van der Waals surface area contributed by atoms with Crippen LogP contribution in [0.4, 0.5) is 0 Å². The van der Waals surface area contributed by atoms with E-state index in [4.69, 9.17) is 17.5 Å². The largest absolute Gasteiger partial charge is 0.759 e. The Hall–Kier alpha value is -0.210. The van der Waals surface area contributed by atoms with Crippen LogP contribution < -0.4 is 0 Å². The normalized spacial score (nSPS) is 12.0. The molecule has 0 aliphatic carbocycles. The summed E-state index contributed by atoms with van der Waals surface area (Å²) >= 11 is 0. The summed E-state index contributed by atoms with van der Waals surface area (Å²) in [5, 5.41) is 0. The smallest absolute Gasteiger partial charge is 0.0782 e. The van der Waals surface area contributed by atoms with Crippen LogP contribution in [0.3, 0.4) is 0 Å². The lowest BCUT2D eigenvalue weighted by Gasteiger charge is -2.28. The van der Waals surface area contributed by atoms with E-state index in [1.54, 1.807) is 0 Å². The molecule has 0 saturated heterocycles. The summed E-state index contributed by atoms with van der Waals surface area (Å²) in [6.07, 6.45) is 37.8. The molecule has 0 aromatic heterocycles. The second kappa shape index (κ2) is 35.1. The van der Waals surface area contributed by atoms with Gasteiger partial charge in [0.25, 0.3) is 0 Å². The molecule has 0 saturated carbocycles. The van der Waals surface area contributed by atoms with Crippen molar-refractivity contribution in [3.8, 4) is 0 Å². The Balaban J connectivity index is -0.000000702. The van der Waals surface area contributed by atoms with Gasteiger partial charge < -0.3 is 18.1 Å². The molecule has 0 fully saturated rings. The van der Waals surface area contributed by atoms with Crippen LogP contribution in [0.2, 0.25) is 0 Å². The molecule has 0 amide bonds. The number of rotatable bonds is 30. The number of hydrogen-bond donors (Lipinski definition) is 0. The van der Waals surface area contributed by atoms with Crippen molar-refractivity contribution in [1.29, 1.82) is 0 Å². The summed E-state index contributed by atoms with van der Waals surface area (Å²) in [5.74, 6) is 0. The molecule has 0 bridgehead atoms. The van der Waals surface area contributed by atoms with Crippen molar-refractivity contribution in [2.75, 3.05) is 54.4 Å². The van der Waals surface area contributed by atoms with Crippen molar-refractivity contribution in [2.24, 2.45) is 0 Å². The highest BCUT2D eigenvalue weighted by atomic mass is 32.3. The van der Waals surface area contributed by atoms with E-state index in [0.717, 1.165) is 0 Å². The second-order valence-corrected chi connectivity index (χ2v) is 15.7. The van der Waals surface area contributed by atoms with E-state index in [9.17, 15) is 0 Å². The Labute approximate surface area is 285 Å². The van der Waals surface area contributed by atoms with Gasteiger partial charge in [0.05, 0.1) is 54.4 Å². The maximum atomic E-state index is 8.52. The third kappa shape index (κ3) is 53.6. The van der Waals surface area contributed by atoms with Crippen LogP contribution in [-0.4, -0.2) is 80.9 Å². The molecule has 0 aromatic carbocycles. The van der Waals surface area contributed by atoms with Gasteiger partial charge in [0, 0.05) is 10.4 Å². The van der Waals surface area contributed by atoms with Crippen molar-refractivity contribution in [1.82, 2.24) is 0 Å². The summed E-state index contributed by atoms with van der Waals surface area (Å²) in [6, 6.07) is 0. The standard InChI is InChI=1S/C22H48N.C16H36N.H2O4S/c1-5-7-8-9-10-11-12-13-14-15-16-17-18-19-20-21-22-23(3,4)6-2;1-5-7-8-9-10-11-12-13-14-15-16-17(3,4)6-2;1-5(2,3)4/h5-22H2,1-4H3;5-16H2,1-4H3;(H2,1,2,3,4)/q2*+1;/p-2. The zero-order chi connectivity index (χ0) is 34.7. The summed E-state index contributed by atoms with van der Waals surface area (Å²) in [6.45, 7) is 14.4. The molecule has 0 heterocycles. The zero-order valence-corrected chi connectivity index (χ0v) is 33.0. The molecule has 0 radical (unpaired) electrons.